The molecule has 1 aliphatic heterocycles. The number of nitrogens with one attached hydrogen (secondary N) is 1. The average Bonchev–Trinajstić information content (AvgIpc) is 2.98. The summed E-state index contributed by atoms with van der Waals surface area (Å²) in [7, 11) is 0. The van der Waals surface area contributed by atoms with E-state index < -0.39 is 0 Å². The maximum atomic E-state index is 11.7. The molecule has 3 rings (SSSR count). The molecule has 3 heterocycles. The molecule has 1 fully saturated rings. The monoisotopic (exact) mass is 332 g/mol. The third-order valence-electron chi connectivity index (χ3n) is 3.96. The number of carbonyl (C=O) groups excluding carboxylic acids is 1. The summed E-state index contributed by atoms with van der Waals surface area (Å²) < 4.78 is 7.21. The highest BCUT2D eigenvalue weighted by atomic mass is 16.5. The number of morpholine rings is 1. The molecule has 0 bridgehead atoms. The van der Waals surface area contributed by atoms with Gasteiger partial charge < -0.3 is 15.0 Å². The second kappa shape index (κ2) is 7.57. The van der Waals surface area contributed by atoms with Crippen molar-refractivity contribution in [3.8, 4) is 0 Å². The zero-order valence-corrected chi connectivity index (χ0v) is 14.2. The minimum atomic E-state index is 0.0742. The fourth-order valence-corrected chi connectivity index (χ4v) is 2.82. The Labute approximate surface area is 141 Å². The number of nitrogens with zero attached hydrogens (tertiary/aromatic N) is 5. The van der Waals surface area contributed by atoms with Crippen molar-refractivity contribution in [2.24, 2.45) is 5.92 Å². The van der Waals surface area contributed by atoms with Gasteiger partial charge in [-0.1, -0.05) is 13.8 Å². The van der Waals surface area contributed by atoms with Crippen molar-refractivity contribution in [1.29, 1.82) is 0 Å². The van der Waals surface area contributed by atoms with E-state index >= 15 is 0 Å². The molecule has 1 saturated heterocycles. The number of amides is 1. The van der Waals surface area contributed by atoms with E-state index in [1.165, 1.54) is 0 Å². The standard InChI is InChI=1S/C16H24N6O2/c1-12(2)9-14(23)17-3-4-22-16-13(10-20-22)15(18-11-19-16)21-5-7-24-8-6-21/h10-12H,3-9H2,1-2H3,(H,17,23). The maximum absolute atomic E-state index is 11.7. The summed E-state index contributed by atoms with van der Waals surface area (Å²) in [4.78, 5) is 22.7. The quantitative estimate of drug-likeness (QED) is 0.843. The fourth-order valence-electron chi connectivity index (χ4n) is 2.82. The molecule has 1 N–H and O–H groups in total. The van der Waals surface area contributed by atoms with E-state index in [9.17, 15) is 4.79 Å². The zero-order valence-electron chi connectivity index (χ0n) is 14.2. The number of anilines is 1. The van der Waals surface area contributed by atoms with Crippen molar-refractivity contribution in [1.82, 2.24) is 25.1 Å². The second-order valence-electron chi connectivity index (χ2n) is 6.35. The predicted octanol–water partition coefficient (Wildman–Crippen LogP) is 0.825. The van der Waals surface area contributed by atoms with Crippen molar-refractivity contribution in [3.63, 3.8) is 0 Å². The van der Waals surface area contributed by atoms with Gasteiger partial charge in [0.1, 0.15) is 12.1 Å². The van der Waals surface area contributed by atoms with Gasteiger partial charge in [0.15, 0.2) is 5.65 Å². The SMILES string of the molecule is CC(C)CC(=O)NCCn1ncc2c(N3CCOCC3)ncnc21. The molecule has 0 spiro atoms. The first-order valence-corrected chi connectivity index (χ1v) is 8.41. The molecular formula is C16H24N6O2. The van der Waals surface area contributed by atoms with E-state index in [1.54, 1.807) is 12.5 Å². The zero-order chi connectivity index (χ0) is 16.9. The van der Waals surface area contributed by atoms with Gasteiger partial charge in [-0.15, -0.1) is 0 Å². The average molecular weight is 332 g/mol. The summed E-state index contributed by atoms with van der Waals surface area (Å²) in [5.41, 5.74) is 0.796. The normalized spacial score (nSPS) is 15.2. The van der Waals surface area contributed by atoms with Gasteiger partial charge in [0.2, 0.25) is 5.91 Å². The number of rotatable bonds is 6. The molecule has 8 nitrogen and oxygen atoms in total. The Kier molecular flexibility index (Phi) is 5.24. The number of fused-ring (bicyclic) bond motifs is 1. The third-order valence-corrected chi connectivity index (χ3v) is 3.96. The maximum Gasteiger partial charge on any atom is 0.220 e. The molecule has 0 aromatic carbocycles. The molecule has 0 saturated carbocycles. The van der Waals surface area contributed by atoms with Crippen molar-refractivity contribution in [2.45, 2.75) is 26.8 Å². The molecule has 2 aromatic heterocycles. The van der Waals surface area contributed by atoms with Crippen LogP contribution in [0.15, 0.2) is 12.5 Å². The summed E-state index contributed by atoms with van der Waals surface area (Å²) in [5, 5.41) is 8.28. The number of hydrogen-bond acceptors (Lipinski definition) is 6. The molecule has 1 amide bonds. The summed E-state index contributed by atoms with van der Waals surface area (Å²) in [6.07, 6.45) is 3.92. The number of aromatic nitrogens is 4. The molecule has 0 atom stereocenters. The molecule has 0 aliphatic carbocycles. The highest BCUT2D eigenvalue weighted by Crippen LogP contribution is 2.23. The van der Waals surface area contributed by atoms with Gasteiger partial charge in [-0.05, 0) is 5.92 Å². The van der Waals surface area contributed by atoms with Crippen molar-refractivity contribution in [2.75, 3.05) is 37.7 Å². The Morgan fingerprint density at radius 3 is 2.88 bits per heavy atom. The summed E-state index contributed by atoms with van der Waals surface area (Å²) in [5.74, 6) is 1.34. The van der Waals surface area contributed by atoms with Gasteiger partial charge in [0.05, 0.1) is 31.3 Å². The van der Waals surface area contributed by atoms with Crippen LogP contribution >= 0.6 is 0 Å². The molecule has 2 aromatic rings. The minimum absolute atomic E-state index is 0.0742. The van der Waals surface area contributed by atoms with Crippen LogP contribution in [0.2, 0.25) is 0 Å². The molecule has 0 radical (unpaired) electrons. The van der Waals surface area contributed by atoms with Crippen LogP contribution in [-0.4, -0.2) is 58.5 Å². The van der Waals surface area contributed by atoms with Crippen LogP contribution in [0.1, 0.15) is 20.3 Å². The van der Waals surface area contributed by atoms with Gasteiger partial charge in [-0.3, -0.25) is 4.79 Å². The van der Waals surface area contributed by atoms with Crippen molar-refractivity contribution in [3.05, 3.63) is 12.5 Å². The van der Waals surface area contributed by atoms with Gasteiger partial charge in [-0.2, -0.15) is 5.10 Å². The Balaban J connectivity index is 1.68. The third kappa shape index (κ3) is 3.81. The lowest BCUT2D eigenvalue weighted by molar-refractivity contribution is -0.121. The van der Waals surface area contributed by atoms with Crippen molar-refractivity contribution < 1.29 is 9.53 Å². The highest BCUT2D eigenvalue weighted by molar-refractivity contribution is 5.86. The Morgan fingerprint density at radius 1 is 1.33 bits per heavy atom. The number of hydrogen-bond donors (Lipinski definition) is 1. The van der Waals surface area contributed by atoms with Crippen LogP contribution in [0.25, 0.3) is 11.0 Å². The first-order valence-electron chi connectivity index (χ1n) is 8.41. The topological polar surface area (TPSA) is 85.2 Å². The lowest BCUT2D eigenvalue weighted by atomic mass is 10.1. The van der Waals surface area contributed by atoms with Gasteiger partial charge >= 0.3 is 0 Å². The lowest BCUT2D eigenvalue weighted by Gasteiger charge is -2.27. The molecular weight excluding hydrogens is 308 g/mol. The summed E-state index contributed by atoms with van der Waals surface area (Å²) >= 11 is 0. The van der Waals surface area contributed by atoms with Crippen LogP contribution in [0.4, 0.5) is 5.82 Å². The molecule has 130 valence electrons. The van der Waals surface area contributed by atoms with Crippen LogP contribution in [0.5, 0.6) is 0 Å². The Morgan fingerprint density at radius 2 is 2.12 bits per heavy atom. The number of carbonyl (C=O) groups is 1. The van der Waals surface area contributed by atoms with Crippen LogP contribution in [0.3, 0.4) is 0 Å². The van der Waals surface area contributed by atoms with Gasteiger partial charge in [-0.25, -0.2) is 14.6 Å². The van der Waals surface area contributed by atoms with E-state index in [0.29, 0.717) is 38.6 Å². The van der Waals surface area contributed by atoms with Crippen LogP contribution < -0.4 is 10.2 Å². The van der Waals surface area contributed by atoms with Crippen LogP contribution in [0, 0.1) is 5.92 Å². The van der Waals surface area contributed by atoms with Gasteiger partial charge in [0.25, 0.3) is 0 Å². The minimum Gasteiger partial charge on any atom is -0.378 e. The van der Waals surface area contributed by atoms with Gasteiger partial charge in [0, 0.05) is 26.1 Å². The molecule has 24 heavy (non-hydrogen) atoms. The molecule has 8 heteroatoms. The molecule has 1 aliphatic rings. The first-order chi connectivity index (χ1) is 11.6. The summed E-state index contributed by atoms with van der Waals surface area (Å²) in [6, 6.07) is 0. The fraction of sp³-hybridized carbons (Fsp3) is 0.625. The largest absolute Gasteiger partial charge is 0.378 e. The Bertz CT molecular complexity index is 693. The van der Waals surface area contributed by atoms with Crippen LogP contribution in [-0.2, 0) is 16.1 Å². The van der Waals surface area contributed by atoms with E-state index in [1.807, 2.05) is 18.5 Å². The second-order valence-corrected chi connectivity index (χ2v) is 6.35. The number of ether oxygens (including phenoxy) is 1. The van der Waals surface area contributed by atoms with Crippen molar-refractivity contribution >= 4 is 22.8 Å². The molecule has 0 unspecified atom stereocenters. The summed E-state index contributed by atoms with van der Waals surface area (Å²) in [6.45, 7) is 8.26. The van der Waals surface area contributed by atoms with E-state index in [0.717, 1.165) is 29.9 Å². The first kappa shape index (κ1) is 16.6. The van der Waals surface area contributed by atoms with E-state index in [4.69, 9.17) is 4.74 Å². The lowest BCUT2D eigenvalue weighted by Crippen LogP contribution is -2.36. The van der Waals surface area contributed by atoms with E-state index in [2.05, 4.69) is 25.3 Å². The predicted molar refractivity (Wildman–Crippen MR) is 90.8 cm³/mol. The highest BCUT2D eigenvalue weighted by Gasteiger charge is 2.17. The Hall–Kier alpha value is -2.22. The van der Waals surface area contributed by atoms with E-state index in [-0.39, 0.29) is 5.91 Å². The smallest absolute Gasteiger partial charge is 0.220 e.